The van der Waals surface area contributed by atoms with E-state index in [0.717, 1.165) is 38.1 Å². The van der Waals surface area contributed by atoms with E-state index in [2.05, 4.69) is 17.1 Å². The quantitative estimate of drug-likeness (QED) is 0.581. The zero-order valence-corrected chi connectivity index (χ0v) is 19.0. The van der Waals surface area contributed by atoms with Crippen LogP contribution in [0.5, 0.6) is 5.75 Å². The SMILES string of the molecule is CCCCOc1ccc(C(=O)N(c2ccc(N3CCC(NC)C3)c(F)c2)C(C)C)cc1. The number of nitrogens with one attached hydrogen (secondary N) is 1. The third-order valence-electron chi connectivity index (χ3n) is 5.75. The topological polar surface area (TPSA) is 44.8 Å². The van der Waals surface area contributed by atoms with Gasteiger partial charge in [0.2, 0.25) is 0 Å². The molecule has 1 aliphatic rings. The number of carbonyl (C=O) groups is 1. The van der Waals surface area contributed by atoms with Crippen molar-refractivity contribution in [2.75, 3.05) is 36.5 Å². The first-order valence-corrected chi connectivity index (χ1v) is 11.2. The molecule has 1 fully saturated rings. The normalized spacial score (nSPS) is 16.1. The maximum absolute atomic E-state index is 15.0. The number of halogens is 1. The van der Waals surface area contributed by atoms with Gasteiger partial charge in [0.1, 0.15) is 11.6 Å². The van der Waals surface area contributed by atoms with Crippen LogP contribution in [0.25, 0.3) is 0 Å². The Balaban J connectivity index is 1.77. The van der Waals surface area contributed by atoms with Crippen molar-refractivity contribution >= 4 is 17.3 Å². The van der Waals surface area contributed by atoms with Gasteiger partial charge < -0.3 is 19.9 Å². The maximum Gasteiger partial charge on any atom is 0.258 e. The van der Waals surface area contributed by atoms with Crippen LogP contribution in [0.2, 0.25) is 0 Å². The predicted octanol–water partition coefficient (Wildman–Crippen LogP) is 4.86. The Bertz CT molecular complexity index is 870. The summed E-state index contributed by atoms with van der Waals surface area (Å²) in [6.45, 7) is 8.26. The van der Waals surface area contributed by atoms with Crippen LogP contribution in [0.4, 0.5) is 15.8 Å². The predicted molar refractivity (Wildman–Crippen MR) is 125 cm³/mol. The Hall–Kier alpha value is -2.60. The van der Waals surface area contributed by atoms with Gasteiger partial charge in [0, 0.05) is 36.4 Å². The largest absolute Gasteiger partial charge is 0.494 e. The van der Waals surface area contributed by atoms with Crippen LogP contribution in [0.1, 0.15) is 50.4 Å². The molecule has 0 aromatic heterocycles. The highest BCUT2D eigenvalue weighted by atomic mass is 19.1. The first-order valence-electron chi connectivity index (χ1n) is 11.2. The van der Waals surface area contributed by atoms with Crippen molar-refractivity contribution in [3.8, 4) is 5.75 Å². The van der Waals surface area contributed by atoms with Crippen molar-refractivity contribution < 1.29 is 13.9 Å². The lowest BCUT2D eigenvalue weighted by molar-refractivity contribution is 0.0980. The van der Waals surface area contributed by atoms with E-state index in [1.165, 1.54) is 6.07 Å². The van der Waals surface area contributed by atoms with Gasteiger partial charge in [0.25, 0.3) is 5.91 Å². The highest BCUT2D eigenvalue weighted by Crippen LogP contribution is 2.29. The van der Waals surface area contributed by atoms with Crippen LogP contribution in [-0.2, 0) is 0 Å². The summed E-state index contributed by atoms with van der Waals surface area (Å²) in [5.74, 6) is 0.299. The number of anilines is 2. The van der Waals surface area contributed by atoms with Gasteiger partial charge in [-0.15, -0.1) is 0 Å². The second-order valence-electron chi connectivity index (χ2n) is 8.35. The number of likely N-dealkylation sites (N-methyl/N-ethyl adjacent to an activating group) is 1. The van der Waals surface area contributed by atoms with Gasteiger partial charge in [-0.25, -0.2) is 4.39 Å². The van der Waals surface area contributed by atoms with E-state index in [-0.39, 0.29) is 17.8 Å². The van der Waals surface area contributed by atoms with Crippen molar-refractivity contribution in [1.82, 2.24) is 5.32 Å². The lowest BCUT2D eigenvalue weighted by Crippen LogP contribution is -2.37. The summed E-state index contributed by atoms with van der Waals surface area (Å²) >= 11 is 0. The van der Waals surface area contributed by atoms with E-state index in [9.17, 15) is 4.79 Å². The smallest absolute Gasteiger partial charge is 0.258 e. The molecule has 2 aromatic rings. The van der Waals surface area contributed by atoms with Crippen molar-refractivity contribution in [1.29, 1.82) is 0 Å². The second-order valence-corrected chi connectivity index (χ2v) is 8.35. The molecule has 168 valence electrons. The van der Waals surface area contributed by atoms with E-state index in [0.29, 0.717) is 29.6 Å². The summed E-state index contributed by atoms with van der Waals surface area (Å²) < 4.78 is 20.7. The second kappa shape index (κ2) is 10.6. The number of rotatable bonds is 9. The zero-order chi connectivity index (χ0) is 22.4. The molecule has 1 amide bonds. The summed E-state index contributed by atoms with van der Waals surface area (Å²) in [4.78, 5) is 16.9. The Kier molecular flexibility index (Phi) is 7.91. The number of hydrogen-bond donors (Lipinski definition) is 1. The first-order chi connectivity index (χ1) is 14.9. The fraction of sp³-hybridized carbons (Fsp3) is 0.480. The van der Waals surface area contributed by atoms with Gasteiger partial charge in [-0.2, -0.15) is 0 Å². The lowest BCUT2D eigenvalue weighted by Gasteiger charge is -2.28. The summed E-state index contributed by atoms with van der Waals surface area (Å²) in [5, 5.41) is 3.25. The molecule has 0 aliphatic carbocycles. The Labute approximate surface area is 185 Å². The van der Waals surface area contributed by atoms with Gasteiger partial charge in [-0.05, 0) is 76.2 Å². The molecule has 1 atom stereocenters. The molecule has 2 aromatic carbocycles. The molecule has 0 spiro atoms. The standard InChI is InChI=1S/C25H34FN3O2/c1-5-6-15-31-22-10-7-19(8-11-22)25(30)29(18(2)3)21-9-12-24(23(26)16-21)28-14-13-20(17-28)27-4/h7-12,16,18,20,27H,5-6,13-15,17H2,1-4H3. The third kappa shape index (κ3) is 5.56. The Morgan fingerprint density at radius 2 is 2.00 bits per heavy atom. The lowest BCUT2D eigenvalue weighted by atomic mass is 10.1. The van der Waals surface area contributed by atoms with E-state index in [4.69, 9.17) is 4.74 Å². The molecular formula is C25H34FN3O2. The molecule has 1 aliphatic heterocycles. The molecule has 31 heavy (non-hydrogen) atoms. The van der Waals surface area contributed by atoms with Gasteiger partial charge >= 0.3 is 0 Å². The number of ether oxygens (including phenoxy) is 1. The van der Waals surface area contributed by atoms with Crippen LogP contribution in [0.15, 0.2) is 42.5 Å². The highest BCUT2D eigenvalue weighted by Gasteiger charge is 2.26. The number of amides is 1. The number of unbranched alkanes of at least 4 members (excludes halogenated alkanes) is 1. The van der Waals surface area contributed by atoms with Crippen LogP contribution >= 0.6 is 0 Å². The van der Waals surface area contributed by atoms with Crippen LogP contribution in [0.3, 0.4) is 0 Å². The van der Waals surface area contributed by atoms with Crippen LogP contribution < -0.4 is 19.9 Å². The van der Waals surface area contributed by atoms with Crippen molar-refractivity contribution in [3.05, 3.63) is 53.8 Å². The zero-order valence-electron chi connectivity index (χ0n) is 19.0. The van der Waals surface area contributed by atoms with E-state index >= 15 is 4.39 Å². The summed E-state index contributed by atoms with van der Waals surface area (Å²) in [7, 11) is 1.93. The minimum Gasteiger partial charge on any atom is -0.494 e. The molecule has 1 heterocycles. The Morgan fingerprint density at radius 3 is 2.58 bits per heavy atom. The van der Waals surface area contributed by atoms with Crippen molar-refractivity contribution in [2.24, 2.45) is 0 Å². The molecule has 0 saturated carbocycles. The number of hydrogen-bond acceptors (Lipinski definition) is 4. The number of nitrogens with zero attached hydrogens (tertiary/aromatic N) is 2. The average Bonchev–Trinajstić information content (AvgIpc) is 3.23. The first kappa shape index (κ1) is 23.1. The molecule has 1 N–H and O–H groups in total. The van der Waals surface area contributed by atoms with Crippen LogP contribution in [-0.4, -0.2) is 44.7 Å². The fourth-order valence-corrected chi connectivity index (χ4v) is 3.93. The minimum atomic E-state index is -0.299. The number of carbonyl (C=O) groups excluding carboxylic acids is 1. The molecule has 3 rings (SSSR count). The molecule has 5 nitrogen and oxygen atoms in total. The van der Waals surface area contributed by atoms with Gasteiger partial charge in [-0.3, -0.25) is 4.79 Å². The highest BCUT2D eigenvalue weighted by molar-refractivity contribution is 6.06. The summed E-state index contributed by atoms with van der Waals surface area (Å²) in [6.07, 6.45) is 3.06. The van der Waals surface area contributed by atoms with E-state index in [1.807, 2.05) is 39.1 Å². The third-order valence-corrected chi connectivity index (χ3v) is 5.75. The van der Waals surface area contributed by atoms with Crippen LogP contribution in [0, 0.1) is 5.82 Å². The monoisotopic (exact) mass is 427 g/mol. The molecule has 0 bridgehead atoms. The maximum atomic E-state index is 15.0. The van der Waals surface area contributed by atoms with Crippen molar-refractivity contribution in [2.45, 2.75) is 52.1 Å². The summed E-state index contributed by atoms with van der Waals surface area (Å²) in [6, 6.07) is 12.5. The van der Waals surface area contributed by atoms with E-state index < -0.39 is 0 Å². The molecule has 0 radical (unpaired) electrons. The van der Waals surface area contributed by atoms with Gasteiger partial charge in [-0.1, -0.05) is 13.3 Å². The molecule has 6 heteroatoms. The van der Waals surface area contributed by atoms with Gasteiger partial charge in [0.15, 0.2) is 0 Å². The van der Waals surface area contributed by atoms with Crippen molar-refractivity contribution in [3.63, 3.8) is 0 Å². The Morgan fingerprint density at radius 1 is 1.26 bits per heavy atom. The number of benzene rings is 2. The molecule has 1 unspecified atom stereocenters. The van der Waals surface area contributed by atoms with E-state index in [1.54, 1.807) is 23.1 Å². The molecule has 1 saturated heterocycles. The summed E-state index contributed by atoms with van der Waals surface area (Å²) in [5.41, 5.74) is 1.71. The minimum absolute atomic E-state index is 0.112. The molecular weight excluding hydrogens is 393 g/mol. The average molecular weight is 428 g/mol. The fourth-order valence-electron chi connectivity index (χ4n) is 3.93. The van der Waals surface area contributed by atoms with Gasteiger partial charge in [0.05, 0.1) is 12.3 Å².